The second kappa shape index (κ2) is 8.65. The van der Waals surface area contributed by atoms with Gasteiger partial charge >= 0.3 is 6.03 Å². The van der Waals surface area contributed by atoms with E-state index >= 15 is 0 Å². The number of benzene rings is 1. The van der Waals surface area contributed by atoms with Crippen LogP contribution >= 0.6 is 0 Å². The highest BCUT2D eigenvalue weighted by Crippen LogP contribution is 2.18. The lowest BCUT2D eigenvalue weighted by Gasteiger charge is -2.10. The first-order valence-electron chi connectivity index (χ1n) is 8.65. The molecule has 3 aromatic rings. The maximum Gasteiger partial charge on any atom is 0.319 e. The molecule has 29 heavy (non-hydrogen) atoms. The van der Waals surface area contributed by atoms with Crippen molar-refractivity contribution in [2.45, 2.75) is 6.42 Å². The standard InChI is InChI=1S/C19H18N6O4/c20-15(26)6-8-22-19(29)25-12-4-1-3-11(9-12)24-17(27)14-10-23-18(28)16-13(14)5-2-7-21-16/h1-5,7,9-10H,6,8H2,(H2,20,26)(H,23,28)(H,24,27)(H2,22,25,29). The van der Waals surface area contributed by atoms with E-state index in [0.717, 1.165) is 0 Å². The Labute approximate surface area is 164 Å². The van der Waals surface area contributed by atoms with Gasteiger partial charge in [-0.25, -0.2) is 4.79 Å². The van der Waals surface area contributed by atoms with Crippen molar-refractivity contribution >= 4 is 40.1 Å². The summed E-state index contributed by atoms with van der Waals surface area (Å²) in [5.41, 5.74) is 5.94. The second-order valence-corrected chi connectivity index (χ2v) is 6.06. The summed E-state index contributed by atoms with van der Waals surface area (Å²) < 4.78 is 0. The number of fused-ring (bicyclic) bond motifs is 1. The molecule has 0 aliphatic rings. The minimum atomic E-state index is -0.514. The number of nitrogens with two attached hydrogens (primary N) is 1. The molecule has 4 amide bonds. The summed E-state index contributed by atoms with van der Waals surface area (Å²) in [6.45, 7) is 0.116. The Bertz CT molecular complexity index is 1140. The fourth-order valence-electron chi connectivity index (χ4n) is 2.62. The van der Waals surface area contributed by atoms with Crippen molar-refractivity contribution in [2.75, 3.05) is 17.2 Å². The summed E-state index contributed by atoms with van der Waals surface area (Å²) in [6, 6.07) is 9.29. The number of pyridine rings is 2. The molecule has 0 aliphatic heterocycles. The molecule has 0 saturated heterocycles. The Morgan fingerprint density at radius 1 is 1.07 bits per heavy atom. The number of nitrogens with one attached hydrogen (secondary N) is 4. The number of nitrogens with zero attached hydrogens (tertiary/aromatic N) is 1. The summed E-state index contributed by atoms with van der Waals surface area (Å²) in [7, 11) is 0. The number of hydrogen-bond donors (Lipinski definition) is 5. The van der Waals surface area contributed by atoms with Crippen molar-refractivity contribution in [2.24, 2.45) is 5.73 Å². The molecule has 2 heterocycles. The van der Waals surface area contributed by atoms with Crippen molar-refractivity contribution in [3.8, 4) is 0 Å². The molecule has 0 aliphatic carbocycles. The highest BCUT2D eigenvalue weighted by molar-refractivity contribution is 6.12. The third-order valence-electron chi connectivity index (χ3n) is 3.94. The zero-order chi connectivity index (χ0) is 20.8. The third kappa shape index (κ3) is 4.95. The van der Waals surface area contributed by atoms with Crippen LogP contribution in [0, 0.1) is 0 Å². The van der Waals surface area contributed by atoms with Gasteiger partial charge in [0.1, 0.15) is 5.52 Å². The van der Waals surface area contributed by atoms with E-state index in [4.69, 9.17) is 5.73 Å². The maximum absolute atomic E-state index is 12.7. The fraction of sp³-hybridized carbons (Fsp3) is 0.105. The lowest BCUT2D eigenvalue weighted by atomic mass is 10.1. The highest BCUT2D eigenvalue weighted by Gasteiger charge is 2.13. The van der Waals surface area contributed by atoms with Gasteiger partial charge in [0.2, 0.25) is 5.91 Å². The normalized spacial score (nSPS) is 10.3. The van der Waals surface area contributed by atoms with Crippen LogP contribution in [0.2, 0.25) is 0 Å². The zero-order valence-corrected chi connectivity index (χ0v) is 15.2. The van der Waals surface area contributed by atoms with Crippen LogP contribution in [0.4, 0.5) is 16.2 Å². The van der Waals surface area contributed by atoms with Crippen LogP contribution in [0.15, 0.2) is 53.6 Å². The Morgan fingerprint density at radius 3 is 2.59 bits per heavy atom. The van der Waals surface area contributed by atoms with Gasteiger partial charge in [0.05, 0.1) is 5.56 Å². The maximum atomic E-state index is 12.7. The van der Waals surface area contributed by atoms with Crippen LogP contribution in [0.3, 0.4) is 0 Å². The highest BCUT2D eigenvalue weighted by atomic mass is 16.2. The monoisotopic (exact) mass is 394 g/mol. The molecule has 0 unspecified atom stereocenters. The van der Waals surface area contributed by atoms with Crippen LogP contribution in [-0.2, 0) is 4.79 Å². The lowest BCUT2D eigenvalue weighted by molar-refractivity contribution is -0.117. The number of urea groups is 1. The van der Waals surface area contributed by atoms with E-state index in [1.54, 1.807) is 36.4 Å². The minimum Gasteiger partial charge on any atom is -0.370 e. The number of carbonyl (C=O) groups is 3. The largest absolute Gasteiger partial charge is 0.370 e. The van der Waals surface area contributed by atoms with Gasteiger partial charge < -0.3 is 26.7 Å². The zero-order valence-electron chi connectivity index (χ0n) is 15.2. The molecule has 0 atom stereocenters. The van der Waals surface area contributed by atoms with E-state index in [1.165, 1.54) is 12.4 Å². The molecule has 6 N–H and O–H groups in total. The molecule has 10 nitrogen and oxygen atoms in total. The Kier molecular flexibility index (Phi) is 5.83. The van der Waals surface area contributed by atoms with Gasteiger partial charge in [0.25, 0.3) is 11.5 Å². The van der Waals surface area contributed by atoms with Crippen molar-refractivity contribution in [3.63, 3.8) is 0 Å². The molecule has 148 valence electrons. The summed E-state index contributed by atoms with van der Waals surface area (Å²) in [4.78, 5) is 53.5. The van der Waals surface area contributed by atoms with Gasteiger partial charge in [0, 0.05) is 42.1 Å². The van der Waals surface area contributed by atoms with Gasteiger partial charge in [-0.3, -0.25) is 19.4 Å². The summed E-state index contributed by atoms with van der Waals surface area (Å²) >= 11 is 0. The van der Waals surface area contributed by atoms with Crippen molar-refractivity contribution in [1.29, 1.82) is 0 Å². The molecule has 10 heteroatoms. The number of hydrogen-bond acceptors (Lipinski definition) is 5. The van der Waals surface area contributed by atoms with Crippen LogP contribution in [0.5, 0.6) is 0 Å². The molecule has 0 fully saturated rings. The summed E-state index contributed by atoms with van der Waals surface area (Å²) in [5, 5.41) is 8.24. The predicted molar refractivity (Wildman–Crippen MR) is 108 cm³/mol. The molecule has 2 aromatic heterocycles. The molecular formula is C19H18N6O4. The number of H-pyrrole nitrogens is 1. The second-order valence-electron chi connectivity index (χ2n) is 6.06. The third-order valence-corrected chi connectivity index (χ3v) is 3.94. The molecule has 0 saturated carbocycles. The van der Waals surface area contributed by atoms with E-state index in [0.29, 0.717) is 16.8 Å². The number of rotatable bonds is 6. The Balaban J connectivity index is 1.71. The number of aromatic nitrogens is 2. The van der Waals surface area contributed by atoms with Gasteiger partial charge in [-0.15, -0.1) is 0 Å². The van der Waals surface area contributed by atoms with Gasteiger partial charge in [-0.1, -0.05) is 12.1 Å². The van der Waals surface area contributed by atoms with E-state index in [1.807, 2.05) is 0 Å². The molecule has 1 aromatic carbocycles. The van der Waals surface area contributed by atoms with Gasteiger partial charge in [-0.05, 0) is 24.3 Å². The first-order valence-corrected chi connectivity index (χ1v) is 8.65. The molecule has 0 spiro atoms. The van der Waals surface area contributed by atoms with Crippen molar-refractivity contribution in [1.82, 2.24) is 15.3 Å². The van der Waals surface area contributed by atoms with Crippen LogP contribution in [0.1, 0.15) is 16.8 Å². The van der Waals surface area contributed by atoms with Crippen LogP contribution in [-0.4, -0.2) is 34.4 Å². The quantitative estimate of drug-likeness (QED) is 0.424. The van der Waals surface area contributed by atoms with E-state index in [-0.39, 0.29) is 29.6 Å². The Morgan fingerprint density at radius 2 is 1.83 bits per heavy atom. The lowest BCUT2D eigenvalue weighted by Crippen LogP contribution is -2.31. The summed E-state index contributed by atoms with van der Waals surface area (Å²) in [5.74, 6) is -0.956. The molecule has 0 radical (unpaired) electrons. The number of anilines is 2. The van der Waals surface area contributed by atoms with Gasteiger partial charge in [-0.2, -0.15) is 0 Å². The van der Waals surface area contributed by atoms with Crippen LogP contribution in [0.25, 0.3) is 10.9 Å². The SMILES string of the molecule is NC(=O)CCNC(=O)Nc1cccc(NC(=O)c2c[nH]c(=O)c3ncccc23)c1. The van der Waals surface area contributed by atoms with Crippen molar-refractivity contribution < 1.29 is 14.4 Å². The average molecular weight is 394 g/mol. The van der Waals surface area contributed by atoms with Crippen molar-refractivity contribution in [3.05, 3.63) is 64.7 Å². The predicted octanol–water partition coefficient (Wildman–Crippen LogP) is 1.17. The first kappa shape index (κ1) is 19.5. The minimum absolute atomic E-state index is 0.0332. The first-order chi connectivity index (χ1) is 13.9. The molecule has 3 rings (SSSR count). The number of primary amides is 1. The fourth-order valence-corrected chi connectivity index (χ4v) is 2.62. The van der Waals surface area contributed by atoms with Crippen LogP contribution < -0.4 is 27.2 Å². The number of carbonyl (C=O) groups excluding carboxylic acids is 3. The topological polar surface area (TPSA) is 159 Å². The van der Waals surface area contributed by atoms with E-state index in [2.05, 4.69) is 25.9 Å². The average Bonchev–Trinajstić information content (AvgIpc) is 2.68. The van der Waals surface area contributed by atoms with E-state index < -0.39 is 17.8 Å². The van der Waals surface area contributed by atoms with E-state index in [9.17, 15) is 19.2 Å². The Hall–Kier alpha value is -4.21. The molecule has 0 bridgehead atoms. The van der Waals surface area contributed by atoms with Gasteiger partial charge in [0.15, 0.2) is 0 Å². The number of aromatic amines is 1. The number of amides is 4. The smallest absolute Gasteiger partial charge is 0.319 e. The molecular weight excluding hydrogens is 376 g/mol. The summed E-state index contributed by atoms with van der Waals surface area (Å²) in [6.07, 6.45) is 2.84.